The summed E-state index contributed by atoms with van der Waals surface area (Å²) in [5, 5.41) is 8.91. The molecule has 5 atom stereocenters. The fourth-order valence-electron chi connectivity index (χ4n) is 10.3. The highest BCUT2D eigenvalue weighted by Crippen LogP contribution is 2.46. The van der Waals surface area contributed by atoms with Crippen molar-refractivity contribution in [1.29, 1.82) is 0 Å². The van der Waals surface area contributed by atoms with Gasteiger partial charge in [-0.1, -0.05) is 51.7 Å². The van der Waals surface area contributed by atoms with Crippen LogP contribution in [0.2, 0.25) is 0 Å². The number of piperazine rings is 1. The summed E-state index contributed by atoms with van der Waals surface area (Å²) in [6.07, 6.45) is 12.7. The molecule has 0 radical (unpaired) electrons. The number of allylic oxidation sites excluding steroid dienone is 1. The van der Waals surface area contributed by atoms with E-state index in [1.54, 1.807) is 12.0 Å². The molecule has 5 heterocycles. The van der Waals surface area contributed by atoms with Crippen LogP contribution in [0.25, 0.3) is 21.6 Å². The van der Waals surface area contributed by atoms with Crippen LogP contribution in [-0.2, 0) is 24.4 Å². The third kappa shape index (κ3) is 9.64. The zero-order valence-corrected chi connectivity index (χ0v) is 40.2. The zero-order valence-electron chi connectivity index (χ0n) is 38.6. The molecule has 356 valence electrons. The van der Waals surface area contributed by atoms with Crippen molar-refractivity contribution in [2.75, 3.05) is 39.8 Å². The fraction of sp³-hybridized carbons (Fsp3) is 0.625. The second kappa shape index (κ2) is 19.1. The molecule has 3 aliphatic heterocycles. The molecule has 1 aromatic carbocycles. The van der Waals surface area contributed by atoms with Gasteiger partial charge in [0, 0.05) is 67.0 Å². The smallest absolute Gasteiger partial charge is 0.318 e. The summed E-state index contributed by atoms with van der Waals surface area (Å²) >= 11 is 1.49. The fourth-order valence-corrected chi connectivity index (χ4v) is 12.6. The van der Waals surface area contributed by atoms with Gasteiger partial charge >= 0.3 is 6.03 Å². The van der Waals surface area contributed by atoms with Crippen molar-refractivity contribution in [3.05, 3.63) is 47.0 Å². The molecule has 3 N–H and O–H groups in total. The Morgan fingerprint density at radius 3 is 2.44 bits per heavy atom. The Hall–Kier alpha value is -4.81. The Labute approximate surface area is 391 Å². The Kier molecular flexibility index (Phi) is 13.4. The molecule has 3 saturated carbocycles. The lowest BCUT2D eigenvalue weighted by Crippen LogP contribution is -2.60. The summed E-state index contributed by atoms with van der Waals surface area (Å²) in [5.74, 6) is -0.809. The van der Waals surface area contributed by atoms with Crippen LogP contribution in [0.5, 0.6) is 11.5 Å². The van der Waals surface area contributed by atoms with Gasteiger partial charge in [-0.15, -0.1) is 11.3 Å². The number of fused-ring (bicyclic) bond motifs is 3. The van der Waals surface area contributed by atoms with Gasteiger partial charge in [0.2, 0.25) is 21.8 Å². The van der Waals surface area contributed by atoms with Crippen molar-refractivity contribution in [2.24, 2.45) is 5.92 Å². The summed E-state index contributed by atoms with van der Waals surface area (Å²) in [5.41, 5.74) is 1.53. The number of hydrogen-bond donors (Lipinski definition) is 3. The minimum absolute atomic E-state index is 0.0188. The number of methoxy groups -OCH3 is 1. The Morgan fingerprint density at radius 1 is 0.970 bits per heavy atom. The van der Waals surface area contributed by atoms with Crippen molar-refractivity contribution < 1.29 is 37.1 Å². The number of benzene rings is 1. The van der Waals surface area contributed by atoms with Gasteiger partial charge in [-0.3, -0.25) is 24.0 Å². The van der Waals surface area contributed by atoms with Crippen molar-refractivity contribution >= 4 is 56.0 Å². The van der Waals surface area contributed by atoms with Crippen molar-refractivity contribution in [3.8, 4) is 22.2 Å². The normalized spacial score (nSPS) is 27.4. The van der Waals surface area contributed by atoms with Gasteiger partial charge in [-0.2, -0.15) is 0 Å². The van der Waals surface area contributed by atoms with Crippen LogP contribution in [0.4, 0.5) is 4.79 Å². The average Bonchev–Trinajstić information content (AvgIpc) is 4.04. The van der Waals surface area contributed by atoms with Crippen LogP contribution in [0.15, 0.2) is 35.7 Å². The summed E-state index contributed by atoms with van der Waals surface area (Å²) in [7, 11) is -2.30. The standard InChI is InChI=1S/C48H64N8O8S2/c1-29(2)38-28-65-44(50-38)37-25-41(35-18-19-40(63-4)30(3)42(35)49-37)64-33-24-39-43(57)52-48(46(59)53-66(61,62)34-16-17-34)26-31(48)12-8-6-5-7-9-15-36(45(58)56(39)27-33)51-47(60)55-22-20-54(21-23-55)32-13-10-11-14-32/h8,12,18-19,25,28-29,31-34,36,39H,5-7,9-11,13-17,20-24,26-27H2,1-4H3,(H,51,60)(H,52,57)(H,53,59)/b12-8-/t31-,33-,36+,39+,48-/m1/s1. The van der Waals surface area contributed by atoms with E-state index in [1.165, 1.54) is 41.9 Å². The molecule has 6 aliphatic rings. The monoisotopic (exact) mass is 944 g/mol. The molecule has 16 nitrogen and oxygen atoms in total. The van der Waals surface area contributed by atoms with E-state index in [9.17, 15) is 22.8 Å². The highest BCUT2D eigenvalue weighted by Gasteiger charge is 2.62. The number of aryl methyl sites for hydroxylation is 1. The maximum Gasteiger partial charge on any atom is 0.318 e. The minimum atomic E-state index is -3.91. The van der Waals surface area contributed by atoms with Gasteiger partial charge in [-0.25, -0.2) is 23.2 Å². The Balaban J connectivity index is 1.03. The van der Waals surface area contributed by atoms with E-state index in [1.807, 2.05) is 42.7 Å². The Morgan fingerprint density at radius 2 is 1.73 bits per heavy atom. The zero-order chi connectivity index (χ0) is 46.3. The van der Waals surface area contributed by atoms with Crippen molar-refractivity contribution in [1.82, 2.24) is 40.0 Å². The van der Waals surface area contributed by atoms with Gasteiger partial charge in [0.15, 0.2) is 0 Å². The first-order valence-electron chi connectivity index (χ1n) is 24.0. The first-order chi connectivity index (χ1) is 31.7. The summed E-state index contributed by atoms with van der Waals surface area (Å²) < 4.78 is 41.0. The lowest BCUT2D eigenvalue weighted by molar-refractivity contribution is -0.141. The summed E-state index contributed by atoms with van der Waals surface area (Å²) in [4.78, 5) is 73.7. The van der Waals surface area contributed by atoms with Crippen LogP contribution >= 0.6 is 11.3 Å². The van der Waals surface area contributed by atoms with E-state index in [2.05, 4.69) is 34.1 Å². The molecule has 0 unspecified atom stereocenters. The van der Waals surface area contributed by atoms with Gasteiger partial charge in [0.1, 0.15) is 45.9 Å². The van der Waals surface area contributed by atoms with Crippen molar-refractivity contribution in [2.45, 2.75) is 145 Å². The molecular formula is C48H64N8O8S2. The van der Waals surface area contributed by atoms with Gasteiger partial charge in [0.25, 0.3) is 5.91 Å². The number of thiazole rings is 1. The first-order valence-corrected chi connectivity index (χ1v) is 26.4. The molecule has 5 fully saturated rings. The number of rotatable bonds is 10. The van der Waals surface area contributed by atoms with E-state index in [0.29, 0.717) is 73.9 Å². The van der Waals surface area contributed by atoms with Gasteiger partial charge < -0.3 is 29.9 Å². The highest BCUT2D eigenvalue weighted by atomic mass is 32.2. The van der Waals surface area contributed by atoms with E-state index in [-0.39, 0.29) is 31.3 Å². The molecule has 2 aromatic heterocycles. The average molecular weight is 945 g/mol. The predicted octanol–water partition coefficient (Wildman–Crippen LogP) is 5.79. The molecule has 3 aromatic rings. The largest absolute Gasteiger partial charge is 0.496 e. The number of pyridine rings is 1. The first kappa shape index (κ1) is 46.3. The molecule has 9 rings (SSSR count). The summed E-state index contributed by atoms with van der Waals surface area (Å²) in [6, 6.07) is 3.85. The number of urea groups is 1. The molecule has 18 heteroatoms. The minimum Gasteiger partial charge on any atom is -0.496 e. The number of carbonyl (C=O) groups is 4. The lowest BCUT2D eigenvalue weighted by atomic mass is 10.0. The number of aromatic nitrogens is 2. The lowest BCUT2D eigenvalue weighted by Gasteiger charge is -2.38. The third-order valence-corrected chi connectivity index (χ3v) is 17.3. The van der Waals surface area contributed by atoms with E-state index in [4.69, 9.17) is 19.4 Å². The van der Waals surface area contributed by atoms with E-state index in [0.717, 1.165) is 47.6 Å². The number of hydrogen-bond acceptors (Lipinski definition) is 12. The van der Waals surface area contributed by atoms with Crippen LogP contribution in [0, 0.1) is 12.8 Å². The predicted molar refractivity (Wildman–Crippen MR) is 252 cm³/mol. The number of nitrogens with zero attached hydrogens (tertiary/aromatic N) is 5. The Bertz CT molecular complexity index is 2480. The molecule has 5 amide bonds. The van der Waals surface area contributed by atoms with Crippen LogP contribution < -0.4 is 24.8 Å². The number of ether oxygens (including phenoxy) is 2. The summed E-state index contributed by atoms with van der Waals surface area (Å²) in [6.45, 7) is 8.83. The topological polar surface area (TPSA) is 192 Å². The second-order valence-corrected chi connectivity index (χ2v) is 22.3. The molecule has 66 heavy (non-hydrogen) atoms. The quantitative estimate of drug-likeness (QED) is 0.209. The van der Waals surface area contributed by atoms with E-state index < -0.39 is 62.6 Å². The number of carbonyl (C=O) groups excluding carboxylic acids is 4. The van der Waals surface area contributed by atoms with E-state index >= 15 is 4.79 Å². The molecule has 2 saturated heterocycles. The molecule has 0 spiro atoms. The maximum atomic E-state index is 15.1. The molecule has 3 aliphatic carbocycles. The number of amides is 5. The number of sulfonamides is 1. The highest BCUT2D eigenvalue weighted by molar-refractivity contribution is 7.91. The maximum absolute atomic E-state index is 15.1. The van der Waals surface area contributed by atoms with Crippen LogP contribution in [0.1, 0.15) is 114 Å². The second-order valence-electron chi connectivity index (χ2n) is 19.5. The van der Waals surface area contributed by atoms with Gasteiger partial charge in [0.05, 0.1) is 30.1 Å². The molecule has 0 bridgehead atoms. The third-order valence-electron chi connectivity index (χ3n) is 14.6. The van der Waals surface area contributed by atoms with Gasteiger partial charge in [-0.05, 0) is 76.3 Å². The van der Waals surface area contributed by atoms with Crippen LogP contribution in [0.3, 0.4) is 0 Å². The molecular weight excluding hydrogens is 881 g/mol. The number of nitrogens with one attached hydrogen (secondary N) is 3. The van der Waals surface area contributed by atoms with Crippen molar-refractivity contribution in [3.63, 3.8) is 0 Å². The van der Waals surface area contributed by atoms with Crippen LogP contribution in [-0.4, -0.2) is 132 Å². The SMILES string of the molecule is COc1ccc2c(O[C@@H]3C[C@H]4C(=O)N[C@]5(C(=O)NS(=O)(=O)C6CC6)C[C@H]5/C=C\CCCCC[C@H](NC(=O)N5CCN(C6CCCC6)CC5)C(=O)N4C3)cc(-c3nc(C(C)C)cs3)nc2c1C.